The van der Waals surface area contributed by atoms with E-state index in [2.05, 4.69) is 5.32 Å². The number of methoxy groups -OCH3 is 1. The highest BCUT2D eigenvalue weighted by Gasteiger charge is 2.03. The maximum Gasteiger partial charge on any atom is 0.250 e. The van der Waals surface area contributed by atoms with Crippen LogP contribution in [0, 0.1) is 5.82 Å². The molecule has 0 spiro atoms. The van der Waals surface area contributed by atoms with Gasteiger partial charge in [-0.25, -0.2) is 4.39 Å². The van der Waals surface area contributed by atoms with E-state index in [4.69, 9.17) is 4.74 Å². The number of aryl methyl sites for hydroxylation is 1. The van der Waals surface area contributed by atoms with Crippen molar-refractivity contribution < 1.29 is 9.13 Å². The van der Waals surface area contributed by atoms with E-state index >= 15 is 0 Å². The molecule has 4 nitrogen and oxygen atoms in total. The predicted molar refractivity (Wildman–Crippen MR) is 72.0 cm³/mol. The second-order valence-electron chi connectivity index (χ2n) is 4.19. The summed E-state index contributed by atoms with van der Waals surface area (Å²) in [5.41, 5.74) is 1.53. The minimum Gasteiger partial charge on any atom is -0.494 e. The Morgan fingerprint density at radius 1 is 1.32 bits per heavy atom. The second-order valence-corrected chi connectivity index (χ2v) is 4.19. The van der Waals surface area contributed by atoms with Crippen molar-refractivity contribution in [2.24, 2.45) is 7.05 Å². The quantitative estimate of drug-likeness (QED) is 0.918. The standard InChI is InChI=1S/C14H15FN2O2/c1-17-9-11(4-6-14(17)18)16-8-10-3-5-13(19-2)12(15)7-10/h3-7,9,16H,8H2,1-2H3. The summed E-state index contributed by atoms with van der Waals surface area (Å²) in [4.78, 5) is 11.2. The molecular formula is C14H15FN2O2. The molecule has 0 aliphatic carbocycles. The van der Waals surface area contributed by atoms with E-state index in [1.54, 1.807) is 31.4 Å². The molecule has 1 aromatic carbocycles. The summed E-state index contributed by atoms with van der Waals surface area (Å²) >= 11 is 0. The van der Waals surface area contributed by atoms with Crippen molar-refractivity contribution in [1.29, 1.82) is 0 Å². The zero-order chi connectivity index (χ0) is 13.8. The number of hydrogen-bond donors (Lipinski definition) is 1. The number of hydrogen-bond acceptors (Lipinski definition) is 3. The second kappa shape index (κ2) is 5.56. The Morgan fingerprint density at radius 3 is 2.74 bits per heavy atom. The molecule has 1 aromatic heterocycles. The van der Waals surface area contributed by atoms with Crippen molar-refractivity contribution in [1.82, 2.24) is 4.57 Å². The first-order valence-electron chi connectivity index (χ1n) is 5.83. The van der Waals surface area contributed by atoms with Gasteiger partial charge in [0.05, 0.1) is 12.8 Å². The third-order valence-electron chi connectivity index (χ3n) is 2.80. The topological polar surface area (TPSA) is 43.3 Å². The van der Waals surface area contributed by atoms with Crippen molar-refractivity contribution in [2.75, 3.05) is 12.4 Å². The maximum absolute atomic E-state index is 13.5. The molecule has 1 heterocycles. The minimum atomic E-state index is -0.387. The zero-order valence-electron chi connectivity index (χ0n) is 10.8. The van der Waals surface area contributed by atoms with Gasteiger partial charge >= 0.3 is 0 Å². The summed E-state index contributed by atoms with van der Waals surface area (Å²) in [6.07, 6.45) is 1.70. The average Bonchev–Trinajstić information content (AvgIpc) is 2.40. The zero-order valence-corrected chi connectivity index (χ0v) is 10.8. The Labute approximate surface area is 110 Å². The summed E-state index contributed by atoms with van der Waals surface area (Å²) in [6, 6.07) is 7.98. The molecule has 0 atom stereocenters. The first kappa shape index (κ1) is 13.1. The lowest BCUT2D eigenvalue weighted by Gasteiger charge is -2.09. The molecule has 0 aliphatic heterocycles. The van der Waals surface area contributed by atoms with Crippen LogP contribution in [0.3, 0.4) is 0 Å². The molecule has 0 radical (unpaired) electrons. The number of aromatic nitrogens is 1. The molecule has 1 N–H and O–H groups in total. The van der Waals surface area contributed by atoms with Gasteiger partial charge in [-0.2, -0.15) is 0 Å². The van der Waals surface area contributed by atoms with Crippen LogP contribution in [-0.4, -0.2) is 11.7 Å². The molecule has 2 rings (SSSR count). The van der Waals surface area contributed by atoms with Crippen LogP contribution in [0.25, 0.3) is 0 Å². The molecule has 19 heavy (non-hydrogen) atoms. The van der Waals surface area contributed by atoms with Gasteiger partial charge in [-0.15, -0.1) is 0 Å². The van der Waals surface area contributed by atoms with Gasteiger partial charge in [-0.05, 0) is 23.8 Å². The number of halogens is 1. The third-order valence-corrected chi connectivity index (χ3v) is 2.80. The van der Waals surface area contributed by atoms with Crippen LogP contribution in [0.2, 0.25) is 0 Å². The Kier molecular flexibility index (Phi) is 3.85. The number of nitrogens with one attached hydrogen (secondary N) is 1. The van der Waals surface area contributed by atoms with Crippen LogP contribution < -0.4 is 15.6 Å². The Morgan fingerprint density at radius 2 is 2.11 bits per heavy atom. The highest BCUT2D eigenvalue weighted by Crippen LogP contribution is 2.18. The van der Waals surface area contributed by atoms with Gasteiger partial charge in [0.2, 0.25) is 5.56 Å². The fraction of sp³-hybridized carbons (Fsp3) is 0.214. The van der Waals surface area contributed by atoms with E-state index in [1.165, 1.54) is 23.8 Å². The molecule has 0 amide bonds. The van der Waals surface area contributed by atoms with Gasteiger partial charge in [-0.3, -0.25) is 4.79 Å². The molecule has 0 fully saturated rings. The van der Waals surface area contributed by atoms with Crippen molar-refractivity contribution in [3.8, 4) is 5.75 Å². The van der Waals surface area contributed by atoms with Crippen LogP contribution in [-0.2, 0) is 13.6 Å². The molecule has 0 bridgehead atoms. The summed E-state index contributed by atoms with van der Waals surface area (Å²) in [7, 11) is 3.11. The molecular weight excluding hydrogens is 247 g/mol. The van der Waals surface area contributed by atoms with E-state index < -0.39 is 0 Å². The highest BCUT2D eigenvalue weighted by molar-refractivity contribution is 5.41. The van der Waals surface area contributed by atoms with Gasteiger partial charge in [0, 0.05) is 25.9 Å². The molecule has 0 aliphatic rings. The monoisotopic (exact) mass is 262 g/mol. The third kappa shape index (κ3) is 3.13. The van der Waals surface area contributed by atoms with Gasteiger partial charge in [0.1, 0.15) is 0 Å². The number of ether oxygens (including phenoxy) is 1. The van der Waals surface area contributed by atoms with Crippen LogP contribution in [0.5, 0.6) is 5.75 Å². The number of benzene rings is 1. The summed E-state index contributed by atoms with van der Waals surface area (Å²) in [5, 5.41) is 3.13. The normalized spacial score (nSPS) is 10.3. The number of nitrogens with zero attached hydrogens (tertiary/aromatic N) is 1. The van der Waals surface area contributed by atoms with Crippen molar-refractivity contribution in [3.05, 3.63) is 58.3 Å². The van der Waals surface area contributed by atoms with E-state index in [-0.39, 0.29) is 17.1 Å². The molecule has 2 aromatic rings. The predicted octanol–water partition coefficient (Wildman–Crippen LogP) is 2.15. The summed E-state index contributed by atoms with van der Waals surface area (Å²) in [5.74, 6) is -0.159. The van der Waals surface area contributed by atoms with E-state index in [0.717, 1.165) is 11.3 Å². The molecule has 5 heteroatoms. The molecule has 0 saturated heterocycles. The van der Waals surface area contributed by atoms with Gasteiger partial charge < -0.3 is 14.6 Å². The smallest absolute Gasteiger partial charge is 0.250 e. The Bertz CT molecular complexity index is 638. The van der Waals surface area contributed by atoms with Crippen LogP contribution >= 0.6 is 0 Å². The van der Waals surface area contributed by atoms with Gasteiger partial charge in [0.25, 0.3) is 0 Å². The SMILES string of the molecule is COc1ccc(CNc2ccc(=O)n(C)c2)cc1F. The number of anilines is 1. The molecule has 100 valence electrons. The summed E-state index contributed by atoms with van der Waals surface area (Å²) < 4.78 is 19.8. The lowest BCUT2D eigenvalue weighted by molar-refractivity contribution is 0.386. The van der Waals surface area contributed by atoms with Gasteiger partial charge in [-0.1, -0.05) is 6.07 Å². The number of rotatable bonds is 4. The van der Waals surface area contributed by atoms with Crippen molar-refractivity contribution >= 4 is 5.69 Å². The first-order chi connectivity index (χ1) is 9.10. The fourth-order valence-electron chi connectivity index (χ4n) is 1.72. The van der Waals surface area contributed by atoms with E-state index in [9.17, 15) is 9.18 Å². The van der Waals surface area contributed by atoms with Gasteiger partial charge in [0.15, 0.2) is 11.6 Å². The fourth-order valence-corrected chi connectivity index (χ4v) is 1.72. The summed E-state index contributed by atoms with van der Waals surface area (Å²) in [6.45, 7) is 0.471. The molecule has 0 unspecified atom stereocenters. The van der Waals surface area contributed by atoms with E-state index in [1.807, 2.05) is 0 Å². The lowest BCUT2D eigenvalue weighted by Crippen LogP contribution is -2.15. The Balaban J connectivity index is 2.08. The lowest BCUT2D eigenvalue weighted by atomic mass is 10.2. The highest BCUT2D eigenvalue weighted by atomic mass is 19.1. The van der Waals surface area contributed by atoms with Crippen molar-refractivity contribution in [2.45, 2.75) is 6.54 Å². The van der Waals surface area contributed by atoms with Crippen LogP contribution in [0.1, 0.15) is 5.56 Å². The van der Waals surface area contributed by atoms with Crippen LogP contribution in [0.4, 0.5) is 10.1 Å². The molecule has 0 saturated carbocycles. The largest absolute Gasteiger partial charge is 0.494 e. The number of pyridine rings is 1. The average molecular weight is 262 g/mol. The van der Waals surface area contributed by atoms with E-state index in [0.29, 0.717) is 6.54 Å². The maximum atomic E-state index is 13.5. The van der Waals surface area contributed by atoms with Crippen LogP contribution in [0.15, 0.2) is 41.3 Å². The minimum absolute atomic E-state index is 0.0685. The van der Waals surface area contributed by atoms with Crippen molar-refractivity contribution in [3.63, 3.8) is 0 Å². The Hall–Kier alpha value is -2.30. The first-order valence-corrected chi connectivity index (χ1v) is 5.83.